The van der Waals surface area contributed by atoms with Gasteiger partial charge in [0.15, 0.2) is 0 Å². The zero-order valence-electron chi connectivity index (χ0n) is 13.1. The number of hydrogen-bond acceptors (Lipinski definition) is 2. The first kappa shape index (κ1) is 14.1. The van der Waals surface area contributed by atoms with Crippen molar-refractivity contribution >= 4 is 10.9 Å². The predicted molar refractivity (Wildman–Crippen MR) is 87.5 cm³/mol. The standard InChI is InChI=1S/C19H23FN2/c1-2-13-12-22-10-8-14(13)11-18(22)19(20)16-7-9-21-17-6-4-3-5-15(16)17/h3-7,9,13-14,18-19H,2,8,10-12H2,1H3/t13-,14-,18+,19-/m0/s1. The molecule has 3 heteroatoms. The summed E-state index contributed by atoms with van der Waals surface area (Å²) >= 11 is 0. The van der Waals surface area contributed by atoms with Crippen molar-refractivity contribution in [2.75, 3.05) is 13.1 Å². The van der Waals surface area contributed by atoms with Crippen molar-refractivity contribution in [2.24, 2.45) is 11.8 Å². The van der Waals surface area contributed by atoms with E-state index in [9.17, 15) is 0 Å². The van der Waals surface area contributed by atoms with Crippen LogP contribution >= 0.6 is 0 Å². The van der Waals surface area contributed by atoms with Crippen LogP contribution in [0, 0.1) is 11.8 Å². The molecular formula is C19H23FN2. The lowest BCUT2D eigenvalue weighted by molar-refractivity contribution is -0.0332. The van der Waals surface area contributed by atoms with E-state index < -0.39 is 6.17 Å². The molecule has 0 spiro atoms. The van der Waals surface area contributed by atoms with E-state index in [2.05, 4.69) is 16.8 Å². The number of hydrogen-bond donors (Lipinski definition) is 0. The lowest BCUT2D eigenvalue weighted by Crippen LogP contribution is -2.54. The third kappa shape index (κ3) is 2.23. The summed E-state index contributed by atoms with van der Waals surface area (Å²) in [5, 5.41) is 0.965. The van der Waals surface area contributed by atoms with E-state index in [4.69, 9.17) is 0 Å². The van der Waals surface area contributed by atoms with Crippen molar-refractivity contribution in [3.63, 3.8) is 0 Å². The Labute approximate surface area is 131 Å². The second-order valence-electron chi connectivity index (χ2n) is 6.83. The van der Waals surface area contributed by atoms with Gasteiger partial charge < -0.3 is 0 Å². The van der Waals surface area contributed by atoms with Crippen molar-refractivity contribution in [1.29, 1.82) is 0 Å². The second kappa shape index (κ2) is 5.62. The van der Waals surface area contributed by atoms with Crippen LogP contribution in [0.2, 0.25) is 0 Å². The number of fused-ring (bicyclic) bond motifs is 4. The first-order valence-corrected chi connectivity index (χ1v) is 8.49. The molecule has 4 heterocycles. The molecule has 1 aromatic heterocycles. The quantitative estimate of drug-likeness (QED) is 0.836. The largest absolute Gasteiger partial charge is 0.297 e. The summed E-state index contributed by atoms with van der Waals surface area (Å²) in [6.45, 7) is 4.41. The highest BCUT2D eigenvalue weighted by Gasteiger charge is 2.43. The van der Waals surface area contributed by atoms with Crippen molar-refractivity contribution in [1.82, 2.24) is 9.88 Å². The fourth-order valence-corrected chi connectivity index (χ4v) is 4.51. The van der Waals surface area contributed by atoms with E-state index in [1.165, 1.54) is 12.8 Å². The van der Waals surface area contributed by atoms with Crippen LogP contribution in [0.5, 0.6) is 0 Å². The summed E-state index contributed by atoms with van der Waals surface area (Å²) in [7, 11) is 0. The summed E-state index contributed by atoms with van der Waals surface area (Å²) in [6.07, 6.45) is 4.32. The Morgan fingerprint density at radius 1 is 1.32 bits per heavy atom. The lowest BCUT2D eigenvalue weighted by atomic mass is 9.73. The Hall–Kier alpha value is -1.48. The van der Waals surface area contributed by atoms with Gasteiger partial charge in [-0.2, -0.15) is 0 Å². The molecule has 0 saturated carbocycles. The minimum atomic E-state index is -0.909. The van der Waals surface area contributed by atoms with Crippen LogP contribution in [-0.4, -0.2) is 29.0 Å². The fourth-order valence-electron chi connectivity index (χ4n) is 4.51. The third-order valence-corrected chi connectivity index (χ3v) is 5.78. The molecule has 1 unspecified atom stereocenters. The Morgan fingerprint density at radius 3 is 2.95 bits per heavy atom. The molecular weight excluding hydrogens is 275 g/mol. The summed E-state index contributed by atoms with van der Waals surface area (Å²) in [5.74, 6) is 1.48. The Bertz CT molecular complexity index is 666. The number of piperidine rings is 3. The van der Waals surface area contributed by atoms with Crippen LogP contribution in [0.25, 0.3) is 10.9 Å². The highest BCUT2D eigenvalue weighted by atomic mass is 19.1. The Balaban J connectivity index is 1.66. The second-order valence-corrected chi connectivity index (χ2v) is 6.83. The average Bonchev–Trinajstić information content (AvgIpc) is 2.60. The molecule has 0 aliphatic carbocycles. The SMILES string of the molecule is CC[C@H]1CN2CC[C@H]1C[C@@H]2[C@@H](F)c1ccnc2ccccc12. The predicted octanol–water partition coefficient (Wildman–Crippen LogP) is 4.37. The molecule has 3 saturated heterocycles. The summed E-state index contributed by atoms with van der Waals surface area (Å²) in [4.78, 5) is 6.76. The van der Waals surface area contributed by atoms with Gasteiger partial charge in [-0.25, -0.2) is 4.39 Å². The van der Waals surface area contributed by atoms with Gasteiger partial charge in [0, 0.05) is 24.2 Å². The number of halogens is 1. The van der Waals surface area contributed by atoms with Crippen molar-refractivity contribution < 1.29 is 4.39 Å². The van der Waals surface area contributed by atoms with Crippen LogP contribution in [0.15, 0.2) is 36.5 Å². The minimum Gasteiger partial charge on any atom is -0.297 e. The number of pyridine rings is 1. The van der Waals surface area contributed by atoms with Gasteiger partial charge in [-0.05, 0) is 48.9 Å². The van der Waals surface area contributed by atoms with Gasteiger partial charge in [0.2, 0.25) is 0 Å². The van der Waals surface area contributed by atoms with Gasteiger partial charge in [-0.3, -0.25) is 9.88 Å². The molecule has 5 atom stereocenters. The van der Waals surface area contributed by atoms with Gasteiger partial charge in [0.05, 0.1) is 5.52 Å². The third-order valence-electron chi connectivity index (χ3n) is 5.78. The normalized spacial score (nSPS) is 32.3. The molecule has 3 fully saturated rings. The molecule has 3 aliphatic heterocycles. The molecule has 0 amide bonds. The number of aromatic nitrogens is 1. The molecule has 2 bridgehead atoms. The van der Waals surface area contributed by atoms with Crippen LogP contribution in [0.4, 0.5) is 4.39 Å². The van der Waals surface area contributed by atoms with E-state index in [1.807, 2.05) is 30.3 Å². The van der Waals surface area contributed by atoms with Gasteiger partial charge in [0.25, 0.3) is 0 Å². The molecule has 2 nitrogen and oxygen atoms in total. The van der Waals surface area contributed by atoms with E-state index in [0.717, 1.165) is 41.9 Å². The molecule has 3 aliphatic rings. The number of alkyl halides is 1. The number of para-hydroxylation sites is 1. The zero-order valence-corrected chi connectivity index (χ0v) is 13.1. The highest BCUT2D eigenvalue weighted by molar-refractivity contribution is 5.82. The van der Waals surface area contributed by atoms with Crippen molar-refractivity contribution in [2.45, 2.75) is 38.4 Å². The van der Waals surface area contributed by atoms with Crippen LogP contribution in [0.1, 0.15) is 37.9 Å². The van der Waals surface area contributed by atoms with E-state index in [-0.39, 0.29) is 6.04 Å². The fraction of sp³-hybridized carbons (Fsp3) is 0.526. The van der Waals surface area contributed by atoms with E-state index >= 15 is 4.39 Å². The van der Waals surface area contributed by atoms with Crippen LogP contribution in [0.3, 0.4) is 0 Å². The van der Waals surface area contributed by atoms with Crippen molar-refractivity contribution in [3.05, 3.63) is 42.1 Å². The van der Waals surface area contributed by atoms with E-state index in [1.54, 1.807) is 6.20 Å². The number of rotatable bonds is 3. The molecule has 116 valence electrons. The smallest absolute Gasteiger partial charge is 0.141 e. The lowest BCUT2D eigenvalue weighted by Gasteiger charge is -2.50. The maximum absolute atomic E-state index is 15.4. The first-order chi connectivity index (χ1) is 10.8. The topological polar surface area (TPSA) is 16.1 Å². The number of nitrogens with zero attached hydrogens (tertiary/aromatic N) is 2. The maximum atomic E-state index is 15.4. The molecule has 0 radical (unpaired) electrons. The Kier molecular flexibility index (Phi) is 3.61. The summed E-state index contributed by atoms with van der Waals surface area (Å²) in [5.41, 5.74) is 1.71. The molecule has 5 rings (SSSR count). The summed E-state index contributed by atoms with van der Waals surface area (Å²) < 4.78 is 15.4. The van der Waals surface area contributed by atoms with Gasteiger partial charge in [-0.1, -0.05) is 31.5 Å². The number of benzene rings is 1. The average molecular weight is 298 g/mol. The van der Waals surface area contributed by atoms with Gasteiger partial charge in [0.1, 0.15) is 6.17 Å². The van der Waals surface area contributed by atoms with E-state index in [0.29, 0.717) is 5.92 Å². The van der Waals surface area contributed by atoms with Crippen LogP contribution < -0.4 is 0 Å². The van der Waals surface area contributed by atoms with Crippen molar-refractivity contribution in [3.8, 4) is 0 Å². The minimum absolute atomic E-state index is 0.0485. The molecule has 0 N–H and O–H groups in total. The van der Waals surface area contributed by atoms with Crippen LogP contribution in [-0.2, 0) is 0 Å². The zero-order chi connectivity index (χ0) is 15.1. The molecule has 1 aromatic carbocycles. The highest BCUT2D eigenvalue weighted by Crippen LogP contribution is 2.43. The molecule has 2 aromatic rings. The first-order valence-electron chi connectivity index (χ1n) is 8.49. The van der Waals surface area contributed by atoms with Gasteiger partial charge >= 0.3 is 0 Å². The van der Waals surface area contributed by atoms with Gasteiger partial charge in [-0.15, -0.1) is 0 Å². The maximum Gasteiger partial charge on any atom is 0.141 e. The molecule has 22 heavy (non-hydrogen) atoms. The Morgan fingerprint density at radius 2 is 2.18 bits per heavy atom. The monoisotopic (exact) mass is 298 g/mol. The summed E-state index contributed by atoms with van der Waals surface area (Å²) in [6, 6.07) is 9.81.